The zero-order valence-electron chi connectivity index (χ0n) is 21.4. The van der Waals surface area contributed by atoms with Crippen molar-refractivity contribution in [1.29, 1.82) is 5.41 Å². The molecular weight excluding hydrogens is 482 g/mol. The predicted molar refractivity (Wildman–Crippen MR) is 152 cm³/mol. The van der Waals surface area contributed by atoms with Gasteiger partial charge in [-0.2, -0.15) is 15.1 Å². The van der Waals surface area contributed by atoms with Crippen molar-refractivity contribution in [3.63, 3.8) is 0 Å². The smallest absolute Gasteiger partial charge is 0.283 e. The number of hydrogen-bond donors (Lipinski definition) is 1. The molecule has 8 heteroatoms. The van der Waals surface area contributed by atoms with Crippen molar-refractivity contribution in [1.82, 2.24) is 9.58 Å². The molecule has 0 saturated heterocycles. The van der Waals surface area contributed by atoms with Crippen LogP contribution in [0.4, 0.5) is 0 Å². The van der Waals surface area contributed by atoms with Crippen LogP contribution < -0.4 is 4.74 Å². The summed E-state index contributed by atoms with van der Waals surface area (Å²) >= 11 is 1.37. The Morgan fingerprint density at radius 2 is 1.92 bits per heavy atom. The molecule has 2 aromatic carbocycles. The van der Waals surface area contributed by atoms with Gasteiger partial charge in [0.05, 0.1) is 12.1 Å². The summed E-state index contributed by atoms with van der Waals surface area (Å²) in [7, 11) is 0. The molecule has 7 nitrogen and oxygen atoms in total. The summed E-state index contributed by atoms with van der Waals surface area (Å²) < 4.78 is 8.36. The lowest BCUT2D eigenvalue weighted by Crippen LogP contribution is -2.35. The number of carbonyl (C=O) groups is 1. The Morgan fingerprint density at radius 1 is 1.14 bits per heavy atom. The lowest BCUT2D eigenvalue weighted by molar-refractivity contribution is -0.114. The maximum Gasteiger partial charge on any atom is 0.283 e. The number of amides is 1. The zero-order chi connectivity index (χ0) is 25.9. The van der Waals surface area contributed by atoms with Crippen molar-refractivity contribution in [3.05, 3.63) is 71.4 Å². The van der Waals surface area contributed by atoms with Gasteiger partial charge in [0.2, 0.25) is 5.17 Å². The van der Waals surface area contributed by atoms with Gasteiger partial charge < -0.3 is 9.30 Å². The van der Waals surface area contributed by atoms with E-state index in [0.717, 1.165) is 46.5 Å². The monoisotopic (exact) mass is 513 g/mol. The molecule has 1 unspecified atom stereocenters. The fourth-order valence-corrected chi connectivity index (χ4v) is 5.56. The molecule has 0 spiro atoms. The zero-order valence-corrected chi connectivity index (χ0v) is 22.2. The molecular formula is C29H31N5O2S. The highest BCUT2D eigenvalue weighted by molar-refractivity contribution is 8.26. The molecule has 0 saturated carbocycles. The molecule has 1 atom stereocenters. The van der Waals surface area contributed by atoms with Crippen LogP contribution in [-0.2, 0) is 11.3 Å². The number of benzene rings is 2. The van der Waals surface area contributed by atoms with E-state index in [1.807, 2.05) is 36.5 Å². The van der Waals surface area contributed by atoms with E-state index >= 15 is 0 Å². The van der Waals surface area contributed by atoms with Crippen molar-refractivity contribution in [2.45, 2.75) is 52.5 Å². The summed E-state index contributed by atoms with van der Waals surface area (Å²) in [5.74, 6) is 1.02. The standard InChI is InChI=1S/C29H31N5O2S/c1-4-10-26-32-34-27(30)23(28(35)31-29(34)37-26)17-20-18-33(24-13-8-6-12-22(20)24)15-16-36-25-14-9-7-11-21(25)19(3)5-2/h6-9,11-14,17-19,30H,4-5,10,15-16H2,1-3H3. The molecule has 1 aromatic heterocycles. The number of aliphatic imine (C=N–C) groups is 1. The summed E-state index contributed by atoms with van der Waals surface area (Å²) in [5, 5.41) is 17.0. The summed E-state index contributed by atoms with van der Waals surface area (Å²) in [6.07, 6.45) is 6.59. The highest BCUT2D eigenvalue weighted by Crippen LogP contribution is 2.32. The third-order valence-electron chi connectivity index (χ3n) is 6.73. The molecule has 37 heavy (non-hydrogen) atoms. The largest absolute Gasteiger partial charge is 0.491 e. The van der Waals surface area contributed by atoms with Gasteiger partial charge in [0.15, 0.2) is 5.84 Å². The van der Waals surface area contributed by atoms with Crippen LogP contribution in [0, 0.1) is 5.41 Å². The molecule has 0 bridgehead atoms. The summed E-state index contributed by atoms with van der Waals surface area (Å²) in [6, 6.07) is 16.3. The van der Waals surface area contributed by atoms with Gasteiger partial charge in [-0.05, 0) is 60.7 Å². The lowest BCUT2D eigenvalue weighted by atomic mass is 9.98. The maximum absolute atomic E-state index is 12.9. The first kappa shape index (κ1) is 25.0. The van der Waals surface area contributed by atoms with Gasteiger partial charge in [-0.1, -0.05) is 57.2 Å². The number of nitrogens with one attached hydrogen (secondary N) is 1. The van der Waals surface area contributed by atoms with Gasteiger partial charge in [0, 0.05) is 22.7 Å². The first-order valence-electron chi connectivity index (χ1n) is 12.8. The number of hydrogen-bond acceptors (Lipinski definition) is 5. The number of ether oxygens (including phenoxy) is 1. The quantitative estimate of drug-likeness (QED) is 0.325. The number of carbonyl (C=O) groups excluding carboxylic acids is 1. The molecule has 3 heterocycles. The van der Waals surface area contributed by atoms with Crippen LogP contribution in [0.2, 0.25) is 0 Å². The number of thioether (sulfide) groups is 1. The van der Waals surface area contributed by atoms with Crippen LogP contribution in [0.1, 0.15) is 57.1 Å². The van der Waals surface area contributed by atoms with Crippen LogP contribution in [0.15, 0.2) is 70.4 Å². The summed E-state index contributed by atoms with van der Waals surface area (Å²) in [5.41, 5.74) is 3.39. The number of hydrazone groups is 1. The van der Waals surface area contributed by atoms with E-state index in [0.29, 0.717) is 24.2 Å². The summed E-state index contributed by atoms with van der Waals surface area (Å²) in [4.78, 5) is 17.1. The second-order valence-corrected chi connectivity index (χ2v) is 10.3. The predicted octanol–water partition coefficient (Wildman–Crippen LogP) is 6.65. The maximum atomic E-state index is 12.9. The highest BCUT2D eigenvalue weighted by atomic mass is 32.2. The Balaban J connectivity index is 1.40. The van der Waals surface area contributed by atoms with Crippen molar-refractivity contribution < 1.29 is 9.53 Å². The van der Waals surface area contributed by atoms with Crippen LogP contribution >= 0.6 is 11.8 Å². The van der Waals surface area contributed by atoms with E-state index in [1.165, 1.54) is 22.3 Å². The molecule has 190 valence electrons. The minimum absolute atomic E-state index is 0.0652. The Morgan fingerprint density at radius 3 is 2.73 bits per heavy atom. The van der Waals surface area contributed by atoms with Crippen molar-refractivity contribution >= 4 is 50.7 Å². The van der Waals surface area contributed by atoms with E-state index in [-0.39, 0.29) is 11.4 Å². The topological polar surface area (TPSA) is 83.0 Å². The van der Waals surface area contributed by atoms with E-state index < -0.39 is 5.91 Å². The number of rotatable bonds is 9. The normalized spacial score (nSPS) is 17.3. The van der Waals surface area contributed by atoms with Crippen molar-refractivity contribution in [2.75, 3.05) is 6.61 Å². The number of nitrogens with zero attached hydrogens (tertiary/aromatic N) is 4. The third-order valence-corrected chi connectivity index (χ3v) is 7.70. The van der Waals surface area contributed by atoms with E-state index in [4.69, 9.17) is 10.1 Å². The Kier molecular flexibility index (Phi) is 7.28. The van der Waals surface area contributed by atoms with Gasteiger partial charge >= 0.3 is 0 Å². The first-order valence-corrected chi connectivity index (χ1v) is 13.6. The molecule has 1 N–H and O–H groups in total. The minimum atomic E-state index is -0.404. The summed E-state index contributed by atoms with van der Waals surface area (Å²) in [6.45, 7) is 7.65. The van der Waals surface area contributed by atoms with Gasteiger partial charge in [0.1, 0.15) is 17.4 Å². The fraction of sp³-hybridized carbons (Fsp3) is 0.310. The first-order chi connectivity index (χ1) is 18.0. The lowest BCUT2D eigenvalue weighted by Gasteiger charge is -2.20. The average Bonchev–Trinajstić information content (AvgIpc) is 3.47. The Labute approximate surface area is 221 Å². The SMILES string of the molecule is CCCC1=NN2C(=N)C(=Cc3cn(CCOc4ccccc4C(C)CC)c4ccccc34)C(=O)N=C2S1. The Hall–Kier alpha value is -3.65. The average molecular weight is 514 g/mol. The fourth-order valence-electron chi connectivity index (χ4n) is 4.57. The van der Waals surface area contributed by atoms with E-state index in [9.17, 15) is 4.79 Å². The van der Waals surface area contributed by atoms with Crippen LogP contribution in [0.3, 0.4) is 0 Å². The number of aromatic nitrogens is 1. The second-order valence-electron chi connectivity index (χ2n) is 9.25. The number of para-hydroxylation sites is 2. The van der Waals surface area contributed by atoms with Crippen molar-refractivity contribution in [3.8, 4) is 5.75 Å². The van der Waals surface area contributed by atoms with Gasteiger partial charge in [-0.15, -0.1) is 0 Å². The molecule has 1 amide bonds. The number of fused-ring (bicyclic) bond motifs is 2. The van der Waals surface area contributed by atoms with Crippen molar-refractivity contribution in [2.24, 2.45) is 10.1 Å². The molecule has 0 aliphatic carbocycles. The molecule has 2 aliphatic rings. The molecule has 3 aromatic rings. The molecule has 0 fully saturated rings. The van der Waals surface area contributed by atoms with Crippen LogP contribution in [-0.4, -0.2) is 38.1 Å². The van der Waals surface area contributed by atoms with Gasteiger partial charge in [-0.3, -0.25) is 10.2 Å². The molecule has 0 radical (unpaired) electrons. The van der Waals surface area contributed by atoms with Gasteiger partial charge in [-0.25, -0.2) is 0 Å². The molecule has 2 aliphatic heterocycles. The van der Waals surface area contributed by atoms with E-state index in [1.54, 1.807) is 6.08 Å². The Bertz CT molecular complexity index is 1450. The third kappa shape index (κ3) is 4.98. The van der Waals surface area contributed by atoms with E-state index in [2.05, 4.69) is 53.6 Å². The second kappa shape index (κ2) is 10.8. The van der Waals surface area contributed by atoms with Gasteiger partial charge in [0.25, 0.3) is 5.91 Å². The van der Waals surface area contributed by atoms with Crippen LogP contribution in [0.25, 0.3) is 17.0 Å². The number of amidine groups is 2. The minimum Gasteiger partial charge on any atom is -0.491 e. The van der Waals surface area contributed by atoms with Crippen LogP contribution in [0.5, 0.6) is 5.75 Å². The highest BCUT2D eigenvalue weighted by Gasteiger charge is 2.35. The molecule has 5 rings (SSSR count).